The molecule has 0 unspecified atom stereocenters. The number of benzene rings is 8. The fourth-order valence-electron chi connectivity index (χ4n) is 29.6. The number of rotatable bonds is 14. The number of hydrogen-bond donors (Lipinski definition) is 4. The molecule has 0 saturated heterocycles. The van der Waals surface area contributed by atoms with Crippen LogP contribution < -0.4 is 0 Å². The Kier molecular flexibility index (Phi) is 21.9. The van der Waals surface area contributed by atoms with Crippen molar-refractivity contribution < 1.29 is 19.1 Å². The summed E-state index contributed by atoms with van der Waals surface area (Å²) in [6, 6.07) is 97.5. The van der Waals surface area contributed by atoms with Gasteiger partial charge in [-0.1, -0.05) is 258 Å². The molecule has 7 aromatic heterocycles. The summed E-state index contributed by atoms with van der Waals surface area (Å²) in [7, 11) is 0. The molecule has 8 aliphatic carbocycles. The minimum Gasteiger partial charge on any atom is -0.459 e. The second-order valence-electron chi connectivity index (χ2n) is 44.3. The minimum atomic E-state index is -0.274. The van der Waals surface area contributed by atoms with Crippen LogP contribution in [0.1, 0.15) is 184 Å². The van der Waals surface area contributed by atoms with Gasteiger partial charge in [0.15, 0.2) is 0 Å². The highest BCUT2D eigenvalue weighted by Crippen LogP contribution is 2.69. The van der Waals surface area contributed by atoms with Crippen molar-refractivity contribution in [3.63, 3.8) is 0 Å². The van der Waals surface area contributed by atoms with Gasteiger partial charge in [0.1, 0.15) is 12.2 Å². The molecular weight excluding hydrogens is 1790 g/mol. The second-order valence-corrected chi connectivity index (χ2v) is 44.3. The number of aromatic nitrogens is 10. The molecule has 0 amide bonds. The highest BCUT2D eigenvalue weighted by molar-refractivity contribution is 6.04. The molecule has 14 atom stereocenters. The Hall–Kier alpha value is -15.5. The van der Waals surface area contributed by atoms with Gasteiger partial charge in [-0.15, -0.1) is 0 Å². The zero-order chi connectivity index (χ0) is 97.7. The quantitative estimate of drug-likeness (QED) is 0.0601. The van der Waals surface area contributed by atoms with Gasteiger partial charge in [0.05, 0.1) is 68.3 Å². The largest absolute Gasteiger partial charge is 0.459 e. The predicted octanol–water partition coefficient (Wildman–Crippen LogP) is 30.9. The predicted molar refractivity (Wildman–Crippen MR) is 592 cm³/mol. The first-order valence-electron chi connectivity index (χ1n) is 53.1. The third-order valence-corrected chi connectivity index (χ3v) is 36.8. The molecule has 4 aliphatic heterocycles. The van der Waals surface area contributed by atoms with Gasteiger partial charge in [0.25, 0.3) is 0 Å². The average molecular weight is 1910 g/mol. The van der Waals surface area contributed by atoms with Gasteiger partial charge in [-0.05, 0) is 326 Å². The molecule has 12 aliphatic rings. The minimum absolute atomic E-state index is 0.0840. The van der Waals surface area contributed by atoms with E-state index in [1.165, 1.54) is 48.5 Å². The molecule has 16 bridgehead atoms. The summed E-state index contributed by atoms with van der Waals surface area (Å²) in [5, 5.41) is 0. The zero-order valence-corrected chi connectivity index (χ0v) is 82.9. The molecule has 15 aromatic rings. The Balaban J connectivity index is 0.403. The first-order valence-corrected chi connectivity index (χ1v) is 53.1. The van der Waals surface area contributed by atoms with E-state index in [1.54, 1.807) is 12.2 Å². The normalized spacial score (nSPS) is 24.8. The Morgan fingerprint density at radius 2 is 0.500 bits per heavy atom. The topological polar surface area (TPSA) is 193 Å². The molecule has 6 saturated carbocycles. The average Bonchev–Trinajstić information content (AvgIpc) is 1.22. The van der Waals surface area contributed by atoms with E-state index < -0.39 is 0 Å². The Labute approximate surface area is 851 Å². The van der Waals surface area contributed by atoms with Crippen molar-refractivity contribution in [2.75, 3.05) is 0 Å². The van der Waals surface area contributed by atoms with E-state index in [0.717, 1.165) is 267 Å². The van der Waals surface area contributed by atoms with Crippen molar-refractivity contribution >= 4 is 117 Å². The number of H-pyrrole nitrogens is 4. The summed E-state index contributed by atoms with van der Waals surface area (Å²) >= 11 is 0. The van der Waals surface area contributed by atoms with Crippen molar-refractivity contribution in [1.82, 2.24) is 49.8 Å². The molecule has 8 aromatic carbocycles. The van der Waals surface area contributed by atoms with Crippen LogP contribution in [0.25, 0.3) is 194 Å². The second kappa shape index (κ2) is 35.7. The van der Waals surface area contributed by atoms with Crippen molar-refractivity contribution in [3.8, 4) is 89.0 Å². The molecule has 14 heteroatoms. The Morgan fingerprint density at radius 3 is 0.753 bits per heavy atom. The van der Waals surface area contributed by atoms with E-state index in [2.05, 4.69) is 375 Å². The monoisotopic (exact) mass is 1900 g/mol. The molecule has 4 N–H and O–H groups in total. The van der Waals surface area contributed by atoms with Gasteiger partial charge in [0.2, 0.25) is 0 Å². The molecule has 0 radical (unpaired) electrons. The third-order valence-electron chi connectivity index (χ3n) is 36.8. The Morgan fingerprint density at radius 1 is 0.260 bits per heavy atom. The van der Waals surface area contributed by atoms with E-state index in [9.17, 15) is 9.59 Å². The number of esters is 2. The van der Waals surface area contributed by atoms with Crippen LogP contribution in [0.2, 0.25) is 0 Å². The van der Waals surface area contributed by atoms with Gasteiger partial charge in [-0.25, -0.2) is 29.5 Å². The molecule has 718 valence electrons. The van der Waals surface area contributed by atoms with Gasteiger partial charge in [0, 0.05) is 112 Å². The lowest BCUT2D eigenvalue weighted by Crippen LogP contribution is -2.56. The number of ether oxygens (including phenoxy) is 2. The maximum atomic E-state index is 14.4. The van der Waals surface area contributed by atoms with Gasteiger partial charge in [-0.3, -0.25) is 9.97 Å². The summed E-state index contributed by atoms with van der Waals surface area (Å²) in [6.45, 7) is 10.2. The number of nitrogens with zero attached hydrogens (tertiary/aromatic N) is 6. The lowest BCUT2D eigenvalue weighted by Gasteiger charge is -2.60. The van der Waals surface area contributed by atoms with E-state index in [1.807, 2.05) is 12.2 Å². The van der Waals surface area contributed by atoms with Crippen LogP contribution in [-0.2, 0) is 44.7 Å². The first kappa shape index (κ1) is 89.3. The fraction of sp³-hybridized carbons (Fsp3) is 0.258. The first-order chi connectivity index (χ1) is 71.5. The van der Waals surface area contributed by atoms with Crippen molar-refractivity contribution in [2.24, 2.45) is 69.0 Å². The highest BCUT2D eigenvalue weighted by Gasteiger charge is 2.64. The summed E-state index contributed by atoms with van der Waals surface area (Å²) in [5.41, 5.74) is 37.6. The van der Waals surface area contributed by atoms with Crippen LogP contribution in [0.5, 0.6) is 0 Å². The van der Waals surface area contributed by atoms with Gasteiger partial charge >= 0.3 is 11.9 Å². The molecular formula is C132H116N10O4. The van der Waals surface area contributed by atoms with Gasteiger partial charge < -0.3 is 29.4 Å². The standard InChI is InChI=1S/C132H116N10O4/c1-129-73-71-95-91(93(129)49-67-117(129)145-119(143)69-39-79-35-41-87(42-36-79)127-109-63-59-105(137-109)123(83-27-15-7-16-28-83)101-55-51-97(133-101)121(81-23-11-5-12-24-81)98-52-56-102(134-98)124(84-29-17-8-18-30-84)106-60-64-110(127)138-106)47-45-89-75-113-115(77-131(89,95)3)141-114-76-90-46-48-92-94-50-68-118(130(94,2)74-72-96(92)132(90,4)78-116(114)142-113)146-120(144)70-40-80-37-43-88(44-38-80)128-111-65-61-107(139-111)125(85-31-19-9-20-32-85)103-57-53-99(135-103)122(82-25-13-6-14-26-82)100-54-58-104(136-100)126(86-33-21-10-22-34-86)108-62-66-112(128)140-108/h5-44,51-66,69-70,89-96,117-118,133,135,138,140H,45-50,67-68,71-78H2,1-4H3/b69-39+,70-40+,121-97?,121-98?,122-99?,122-100?,123-101?,123-105?,124-102?,124-106?,125-103?,125-107?,126-104?,126-108?,127-109?,127-110?,128-111?,128-112?/t89-,90-,91-,92-,93-,94-,95-,96-,117-,118-,129-,130-,131-,132-/m0/s1. The molecule has 6 fully saturated rings. The number of hydrogen-bond acceptors (Lipinski definition) is 10. The van der Waals surface area contributed by atoms with E-state index in [4.69, 9.17) is 39.4 Å². The van der Waals surface area contributed by atoms with Crippen LogP contribution in [0.3, 0.4) is 0 Å². The zero-order valence-electron chi connectivity index (χ0n) is 82.9. The van der Waals surface area contributed by atoms with E-state index in [0.29, 0.717) is 47.3 Å². The summed E-state index contributed by atoms with van der Waals surface area (Å²) in [5.74, 6) is 3.94. The van der Waals surface area contributed by atoms with Crippen LogP contribution in [-0.4, -0.2) is 74.0 Å². The lowest BCUT2D eigenvalue weighted by atomic mass is 9.45. The van der Waals surface area contributed by atoms with Crippen molar-refractivity contribution in [1.29, 1.82) is 0 Å². The number of carbonyl (C=O) groups excluding carboxylic acids is 2. The van der Waals surface area contributed by atoms with Gasteiger partial charge in [-0.2, -0.15) is 0 Å². The summed E-state index contributed by atoms with van der Waals surface area (Å²) < 4.78 is 13.4. The lowest BCUT2D eigenvalue weighted by molar-refractivity contribution is -0.157. The molecule has 0 spiro atoms. The molecule has 11 heterocycles. The van der Waals surface area contributed by atoms with Crippen LogP contribution >= 0.6 is 0 Å². The van der Waals surface area contributed by atoms with Crippen LogP contribution in [0.15, 0.2) is 291 Å². The SMILES string of the molecule is C[C@]12Cc3nc4c(nc3C[C@@H]1CC[C@@H]1[C@@H]2CC[C@]2(C)[C@@H](OC(=O)/C=C/c3ccc(-c5c6nc(c(-c7ccccc7)c7ccc([nH]7)c(-c7ccccc7)c7nc(c(-c8ccccc8)c8ccc5[nH]8)C=C7)C=C6)cc3)CC[C@@H]12)C[C@@]1(C)[C@@H](CC[C@@H]2[C@@H]1CC[C@]1(C)[C@@H](OC(=O)/C=C/c3ccc(-c5c6nc(c(-c7ccccc7)c7ccc([nH]7)c(-c7ccccc7)c7nc(c(-c8ccccc8)c8ccc5[nH]8)C=C7)C=C6)cc3)CC[C@@H]21)C4. The number of fused-ring (bicyclic) bond motifs is 28. The van der Waals surface area contributed by atoms with Crippen molar-refractivity contribution in [2.45, 2.75) is 143 Å². The molecule has 14 nitrogen and oxygen atoms in total. The fourth-order valence-corrected chi connectivity index (χ4v) is 29.6. The highest BCUT2D eigenvalue weighted by atomic mass is 16.5. The number of aromatic amines is 4. The Bertz CT molecular complexity index is 7790. The summed E-state index contributed by atoms with van der Waals surface area (Å²) in [4.78, 5) is 78.0. The van der Waals surface area contributed by atoms with E-state index >= 15 is 0 Å². The van der Waals surface area contributed by atoms with Crippen LogP contribution in [0, 0.1) is 69.0 Å². The molecule has 27 rings (SSSR count). The molecule has 146 heavy (non-hydrogen) atoms. The summed E-state index contributed by atoms with van der Waals surface area (Å²) in [6.07, 6.45) is 41.3. The van der Waals surface area contributed by atoms with E-state index in [-0.39, 0.29) is 45.8 Å². The van der Waals surface area contributed by atoms with Crippen LogP contribution in [0.4, 0.5) is 0 Å². The smallest absolute Gasteiger partial charge is 0.331 e. The number of nitrogens with one attached hydrogen (secondary N) is 4. The number of carbonyl (C=O) groups is 2. The third kappa shape index (κ3) is 15.4. The maximum Gasteiger partial charge on any atom is 0.331 e. The maximum absolute atomic E-state index is 14.4. The van der Waals surface area contributed by atoms with Crippen molar-refractivity contribution in [3.05, 3.63) is 371 Å².